The van der Waals surface area contributed by atoms with E-state index in [4.69, 9.17) is 13.9 Å². The van der Waals surface area contributed by atoms with E-state index in [1.165, 1.54) is 14.0 Å². The van der Waals surface area contributed by atoms with E-state index in [9.17, 15) is 14.7 Å². The van der Waals surface area contributed by atoms with E-state index in [-0.39, 0.29) is 30.3 Å². The smallest absolute Gasteiger partial charge is 0.346 e. The van der Waals surface area contributed by atoms with Gasteiger partial charge in [0.25, 0.3) is 0 Å². The Bertz CT molecular complexity index is 541. The molecular formula is C13H16O6. The summed E-state index contributed by atoms with van der Waals surface area (Å²) in [5.41, 5.74) is -0.263. The summed E-state index contributed by atoms with van der Waals surface area (Å²) in [5.74, 6) is -0.129. The van der Waals surface area contributed by atoms with Gasteiger partial charge in [-0.3, -0.25) is 4.79 Å². The van der Waals surface area contributed by atoms with E-state index in [0.29, 0.717) is 5.56 Å². The lowest BCUT2D eigenvalue weighted by atomic mass is 10.1. The first-order valence-corrected chi connectivity index (χ1v) is 5.64. The van der Waals surface area contributed by atoms with Gasteiger partial charge in [-0.1, -0.05) is 6.08 Å². The van der Waals surface area contributed by atoms with Crippen LogP contribution in [-0.2, 0) is 22.7 Å². The Morgan fingerprint density at radius 2 is 2.11 bits per heavy atom. The highest BCUT2D eigenvalue weighted by molar-refractivity contribution is 5.66. The molecule has 0 amide bonds. The summed E-state index contributed by atoms with van der Waals surface area (Å²) in [4.78, 5) is 22.6. The number of methoxy groups -OCH3 is 1. The molecule has 1 aromatic rings. The highest BCUT2D eigenvalue weighted by Crippen LogP contribution is 2.26. The first-order chi connectivity index (χ1) is 9.04. The van der Waals surface area contributed by atoms with Crippen LogP contribution in [0, 0.1) is 0 Å². The van der Waals surface area contributed by atoms with Crippen LogP contribution in [-0.4, -0.2) is 18.2 Å². The summed E-state index contributed by atoms with van der Waals surface area (Å²) in [7, 11) is 1.37. The largest absolute Gasteiger partial charge is 0.496 e. The molecule has 0 spiro atoms. The summed E-state index contributed by atoms with van der Waals surface area (Å²) in [5, 5.41) is 9.37. The van der Waals surface area contributed by atoms with Crippen LogP contribution in [0.1, 0.15) is 30.7 Å². The average molecular weight is 268 g/mol. The zero-order valence-electron chi connectivity index (χ0n) is 11.1. The highest BCUT2D eigenvalue weighted by Gasteiger charge is 2.19. The molecular weight excluding hydrogens is 252 g/mol. The van der Waals surface area contributed by atoms with Crippen LogP contribution in [0.15, 0.2) is 15.3 Å². The first-order valence-electron chi connectivity index (χ1n) is 5.64. The van der Waals surface area contributed by atoms with Crippen molar-refractivity contribution in [2.75, 3.05) is 7.11 Å². The monoisotopic (exact) mass is 268 g/mol. The minimum atomic E-state index is -0.664. The number of carbonyl (C=O) groups excluding carboxylic acids is 1. The summed E-state index contributed by atoms with van der Waals surface area (Å²) in [6.07, 6.45) is 3.22. The maximum Gasteiger partial charge on any atom is 0.346 e. The second-order valence-corrected chi connectivity index (χ2v) is 3.68. The number of rotatable bonds is 5. The van der Waals surface area contributed by atoms with Crippen molar-refractivity contribution in [3.8, 4) is 5.75 Å². The molecule has 1 aromatic heterocycles. The molecule has 0 radical (unpaired) electrons. The fourth-order valence-electron chi connectivity index (χ4n) is 1.59. The molecule has 104 valence electrons. The molecule has 1 N–H and O–H groups in total. The number of carbonyl (C=O) groups is 1. The van der Waals surface area contributed by atoms with Gasteiger partial charge < -0.3 is 19.0 Å². The second kappa shape index (κ2) is 6.75. The lowest BCUT2D eigenvalue weighted by molar-refractivity contribution is -0.142. The van der Waals surface area contributed by atoms with Gasteiger partial charge in [0.05, 0.1) is 19.3 Å². The fraction of sp³-hybridized carbons (Fsp3) is 0.385. The number of aliphatic hydroxyl groups is 1. The SMILES string of the molecule is CC=Cc1oc(=O)c(COC(C)=O)c(OC)c1CO. The molecule has 19 heavy (non-hydrogen) atoms. The number of aliphatic hydroxyl groups excluding tert-OH is 1. The van der Waals surface area contributed by atoms with Crippen molar-refractivity contribution < 1.29 is 23.8 Å². The lowest BCUT2D eigenvalue weighted by Crippen LogP contribution is -2.15. The van der Waals surface area contributed by atoms with Crippen molar-refractivity contribution in [3.05, 3.63) is 33.4 Å². The molecule has 6 nitrogen and oxygen atoms in total. The third-order valence-electron chi connectivity index (χ3n) is 2.39. The Morgan fingerprint density at radius 1 is 1.42 bits per heavy atom. The number of hydrogen-bond donors (Lipinski definition) is 1. The highest BCUT2D eigenvalue weighted by atomic mass is 16.5. The van der Waals surface area contributed by atoms with E-state index in [2.05, 4.69) is 0 Å². The van der Waals surface area contributed by atoms with Gasteiger partial charge in [0, 0.05) is 6.92 Å². The van der Waals surface area contributed by atoms with Gasteiger partial charge in [-0.2, -0.15) is 0 Å². The van der Waals surface area contributed by atoms with Gasteiger partial charge in [0.1, 0.15) is 23.7 Å². The van der Waals surface area contributed by atoms with Crippen LogP contribution in [0.5, 0.6) is 5.75 Å². The average Bonchev–Trinajstić information content (AvgIpc) is 2.36. The second-order valence-electron chi connectivity index (χ2n) is 3.68. The van der Waals surface area contributed by atoms with Crippen molar-refractivity contribution in [2.24, 2.45) is 0 Å². The zero-order chi connectivity index (χ0) is 14.4. The maximum atomic E-state index is 11.8. The Morgan fingerprint density at radius 3 is 2.58 bits per heavy atom. The molecule has 0 aliphatic rings. The Kier molecular flexibility index (Phi) is 5.32. The molecule has 0 saturated heterocycles. The Labute approximate surface area is 110 Å². The summed E-state index contributed by atoms with van der Waals surface area (Å²) in [6.45, 7) is 2.36. The molecule has 0 bridgehead atoms. The molecule has 0 fully saturated rings. The van der Waals surface area contributed by atoms with Crippen LogP contribution < -0.4 is 10.4 Å². The molecule has 0 atom stereocenters. The third-order valence-corrected chi connectivity index (χ3v) is 2.39. The normalized spacial score (nSPS) is 10.7. The van der Waals surface area contributed by atoms with Crippen molar-refractivity contribution in [2.45, 2.75) is 27.1 Å². The fourth-order valence-corrected chi connectivity index (χ4v) is 1.59. The Balaban J connectivity index is 3.38. The summed E-state index contributed by atoms with van der Waals surface area (Å²) in [6, 6.07) is 0. The summed E-state index contributed by atoms with van der Waals surface area (Å²) >= 11 is 0. The number of hydrogen-bond acceptors (Lipinski definition) is 6. The van der Waals surface area contributed by atoms with Crippen molar-refractivity contribution >= 4 is 12.0 Å². The quantitative estimate of drug-likeness (QED) is 0.808. The van der Waals surface area contributed by atoms with Crippen LogP contribution in [0.4, 0.5) is 0 Å². The van der Waals surface area contributed by atoms with Gasteiger partial charge in [-0.05, 0) is 13.0 Å². The van der Waals surface area contributed by atoms with E-state index in [1.54, 1.807) is 19.1 Å². The maximum absolute atomic E-state index is 11.8. The zero-order valence-corrected chi connectivity index (χ0v) is 11.1. The minimum absolute atomic E-state index is 0.0648. The standard InChI is InChI=1S/C13H16O6/c1-4-5-11-9(6-14)12(17-3)10(13(16)19-11)7-18-8(2)15/h4-5,14H,6-7H2,1-3H3. The van der Waals surface area contributed by atoms with E-state index >= 15 is 0 Å². The minimum Gasteiger partial charge on any atom is -0.496 e. The molecule has 0 aliphatic carbocycles. The topological polar surface area (TPSA) is 86.0 Å². The van der Waals surface area contributed by atoms with Gasteiger partial charge in [0.2, 0.25) is 0 Å². The van der Waals surface area contributed by atoms with Gasteiger partial charge in [-0.25, -0.2) is 4.79 Å². The Hall–Kier alpha value is -2.08. The predicted molar refractivity (Wildman–Crippen MR) is 67.6 cm³/mol. The van der Waals surface area contributed by atoms with E-state index in [0.717, 1.165) is 0 Å². The number of ether oxygens (including phenoxy) is 2. The van der Waals surface area contributed by atoms with Crippen LogP contribution >= 0.6 is 0 Å². The third kappa shape index (κ3) is 3.45. The van der Waals surface area contributed by atoms with Crippen LogP contribution in [0.25, 0.3) is 6.08 Å². The van der Waals surface area contributed by atoms with Gasteiger partial charge in [0.15, 0.2) is 0 Å². The van der Waals surface area contributed by atoms with E-state index < -0.39 is 11.6 Å². The molecule has 0 aromatic carbocycles. The number of allylic oxidation sites excluding steroid dienone is 1. The van der Waals surface area contributed by atoms with Gasteiger partial charge >= 0.3 is 11.6 Å². The van der Waals surface area contributed by atoms with Crippen molar-refractivity contribution in [3.63, 3.8) is 0 Å². The first kappa shape index (κ1) is 15.0. The van der Waals surface area contributed by atoms with E-state index in [1.807, 2.05) is 0 Å². The van der Waals surface area contributed by atoms with Crippen LogP contribution in [0.2, 0.25) is 0 Å². The van der Waals surface area contributed by atoms with Gasteiger partial charge in [-0.15, -0.1) is 0 Å². The number of esters is 1. The molecule has 1 rings (SSSR count). The molecule has 0 saturated carbocycles. The molecule has 6 heteroatoms. The van der Waals surface area contributed by atoms with Crippen molar-refractivity contribution in [1.29, 1.82) is 0 Å². The lowest BCUT2D eigenvalue weighted by Gasteiger charge is -2.12. The molecule has 0 unspecified atom stereocenters. The summed E-state index contributed by atoms with van der Waals surface area (Å²) < 4.78 is 15.0. The van der Waals surface area contributed by atoms with Crippen LogP contribution in [0.3, 0.4) is 0 Å². The van der Waals surface area contributed by atoms with Crippen molar-refractivity contribution in [1.82, 2.24) is 0 Å². The molecule has 0 aliphatic heterocycles. The predicted octanol–water partition coefficient (Wildman–Crippen LogP) is 1.24. The molecule has 1 heterocycles.